The van der Waals surface area contributed by atoms with E-state index >= 15 is 0 Å². The summed E-state index contributed by atoms with van der Waals surface area (Å²) in [6, 6.07) is 15.8. The lowest BCUT2D eigenvalue weighted by Crippen LogP contribution is -2.17. The van der Waals surface area contributed by atoms with Gasteiger partial charge in [-0.05, 0) is 49.2 Å². The Morgan fingerprint density at radius 3 is 2.63 bits per heavy atom. The lowest BCUT2D eigenvalue weighted by molar-refractivity contribution is 0.414. The van der Waals surface area contributed by atoms with E-state index in [1.807, 2.05) is 48.5 Å². The van der Waals surface area contributed by atoms with Crippen LogP contribution in [0.4, 0.5) is 0 Å². The minimum atomic E-state index is 0.0190. The topological polar surface area (TPSA) is 61.9 Å². The second-order valence-electron chi connectivity index (χ2n) is 7.38. The SMILES string of the molecule is COc1ccc(-n2c(Cn3c(=O)sc4ccccc43)nnc2SC2CCCC2)cc1. The van der Waals surface area contributed by atoms with Crippen LogP contribution in [0.25, 0.3) is 15.9 Å². The van der Waals surface area contributed by atoms with E-state index in [1.54, 1.807) is 23.4 Å². The average molecular weight is 439 g/mol. The van der Waals surface area contributed by atoms with Crippen molar-refractivity contribution in [2.75, 3.05) is 7.11 Å². The first-order valence-corrected chi connectivity index (χ1v) is 11.8. The Kier molecular flexibility index (Phi) is 5.35. The molecule has 154 valence electrons. The largest absolute Gasteiger partial charge is 0.497 e. The van der Waals surface area contributed by atoms with Gasteiger partial charge in [-0.15, -0.1) is 10.2 Å². The second-order valence-corrected chi connectivity index (χ2v) is 9.64. The molecule has 0 atom stereocenters. The molecule has 1 aliphatic rings. The Hall–Kier alpha value is -2.58. The zero-order chi connectivity index (χ0) is 20.5. The van der Waals surface area contributed by atoms with Gasteiger partial charge in [0.05, 0.1) is 23.9 Å². The fourth-order valence-electron chi connectivity index (χ4n) is 3.93. The van der Waals surface area contributed by atoms with Crippen molar-refractivity contribution in [2.45, 2.75) is 42.6 Å². The van der Waals surface area contributed by atoms with Gasteiger partial charge in [-0.25, -0.2) is 0 Å². The number of para-hydroxylation sites is 1. The molecular formula is C22H22N4O2S2. The highest BCUT2D eigenvalue weighted by molar-refractivity contribution is 7.99. The molecule has 0 bridgehead atoms. The van der Waals surface area contributed by atoms with E-state index in [4.69, 9.17) is 4.74 Å². The van der Waals surface area contributed by atoms with Crippen molar-refractivity contribution in [3.05, 3.63) is 64.0 Å². The van der Waals surface area contributed by atoms with E-state index < -0.39 is 0 Å². The molecule has 2 aromatic heterocycles. The molecule has 0 spiro atoms. The van der Waals surface area contributed by atoms with Crippen molar-refractivity contribution in [3.63, 3.8) is 0 Å². The fourth-order valence-corrected chi connectivity index (χ4v) is 6.09. The summed E-state index contributed by atoms with van der Waals surface area (Å²) in [4.78, 5) is 12.7. The number of hydrogen-bond acceptors (Lipinski definition) is 6. The maximum absolute atomic E-state index is 12.7. The molecule has 5 rings (SSSR count). The molecule has 0 amide bonds. The molecule has 0 radical (unpaired) electrons. The van der Waals surface area contributed by atoms with Gasteiger partial charge in [-0.2, -0.15) is 0 Å². The molecule has 8 heteroatoms. The van der Waals surface area contributed by atoms with E-state index in [9.17, 15) is 4.79 Å². The Balaban J connectivity index is 1.57. The predicted molar refractivity (Wildman–Crippen MR) is 121 cm³/mol. The first kappa shape index (κ1) is 19.4. The van der Waals surface area contributed by atoms with E-state index in [2.05, 4.69) is 14.8 Å². The summed E-state index contributed by atoms with van der Waals surface area (Å²) in [6.07, 6.45) is 4.98. The standard InChI is InChI=1S/C22H22N4O2S2/c1-28-16-12-10-15(11-13-16)26-20(23-24-21(26)29-17-6-2-3-7-17)14-25-18-8-4-5-9-19(18)30-22(25)27/h4-5,8-13,17H,2-3,6-7,14H2,1H3. The summed E-state index contributed by atoms with van der Waals surface area (Å²) in [5, 5.41) is 10.5. The van der Waals surface area contributed by atoms with Gasteiger partial charge in [-0.3, -0.25) is 13.9 Å². The number of ether oxygens (including phenoxy) is 1. The molecule has 30 heavy (non-hydrogen) atoms. The summed E-state index contributed by atoms with van der Waals surface area (Å²) in [5.74, 6) is 1.56. The molecule has 1 fully saturated rings. The molecule has 0 aliphatic heterocycles. The number of methoxy groups -OCH3 is 1. The molecule has 0 N–H and O–H groups in total. The number of fused-ring (bicyclic) bond motifs is 1. The Bertz CT molecular complexity index is 1220. The second kappa shape index (κ2) is 8.28. The summed E-state index contributed by atoms with van der Waals surface area (Å²) in [5.41, 5.74) is 1.91. The van der Waals surface area contributed by atoms with E-state index in [-0.39, 0.29) is 4.87 Å². The number of thiazole rings is 1. The number of hydrogen-bond donors (Lipinski definition) is 0. The van der Waals surface area contributed by atoms with Crippen LogP contribution in [0.2, 0.25) is 0 Å². The van der Waals surface area contributed by atoms with E-state index in [1.165, 1.54) is 37.0 Å². The smallest absolute Gasteiger partial charge is 0.308 e. The number of thioether (sulfide) groups is 1. The Labute approximate surface area is 182 Å². The molecule has 4 aromatic rings. The molecule has 0 saturated heterocycles. The summed E-state index contributed by atoms with van der Waals surface area (Å²) in [7, 11) is 1.66. The molecule has 6 nitrogen and oxygen atoms in total. The van der Waals surface area contributed by atoms with Crippen LogP contribution in [0, 0.1) is 0 Å². The van der Waals surface area contributed by atoms with Gasteiger partial charge in [0, 0.05) is 10.9 Å². The Morgan fingerprint density at radius 2 is 1.87 bits per heavy atom. The van der Waals surface area contributed by atoms with Gasteiger partial charge in [0.25, 0.3) is 0 Å². The molecule has 1 aliphatic carbocycles. The van der Waals surface area contributed by atoms with Crippen molar-refractivity contribution in [1.29, 1.82) is 0 Å². The van der Waals surface area contributed by atoms with Gasteiger partial charge in [0.2, 0.25) is 0 Å². The highest BCUT2D eigenvalue weighted by atomic mass is 32.2. The molecule has 2 heterocycles. The van der Waals surface area contributed by atoms with E-state index in [0.29, 0.717) is 11.8 Å². The monoisotopic (exact) mass is 438 g/mol. The number of rotatable bonds is 6. The zero-order valence-electron chi connectivity index (χ0n) is 16.7. The highest BCUT2D eigenvalue weighted by Crippen LogP contribution is 2.35. The highest BCUT2D eigenvalue weighted by Gasteiger charge is 2.22. The van der Waals surface area contributed by atoms with Gasteiger partial charge in [0.1, 0.15) is 5.75 Å². The quantitative estimate of drug-likeness (QED) is 0.435. The fraction of sp³-hybridized carbons (Fsp3) is 0.318. The zero-order valence-corrected chi connectivity index (χ0v) is 18.3. The van der Waals surface area contributed by atoms with Crippen LogP contribution in [0.5, 0.6) is 5.75 Å². The third-order valence-electron chi connectivity index (χ3n) is 5.48. The van der Waals surface area contributed by atoms with Crippen LogP contribution in [-0.2, 0) is 6.54 Å². The minimum Gasteiger partial charge on any atom is -0.497 e. The molecule has 2 aromatic carbocycles. The molecule has 1 saturated carbocycles. The van der Waals surface area contributed by atoms with Gasteiger partial charge < -0.3 is 4.74 Å². The maximum atomic E-state index is 12.7. The first-order valence-electron chi connectivity index (χ1n) is 10.1. The van der Waals surface area contributed by atoms with Crippen LogP contribution in [0.15, 0.2) is 58.5 Å². The van der Waals surface area contributed by atoms with Crippen LogP contribution in [0.3, 0.4) is 0 Å². The van der Waals surface area contributed by atoms with Crippen molar-refractivity contribution in [2.24, 2.45) is 0 Å². The lowest BCUT2D eigenvalue weighted by Gasteiger charge is -2.13. The third kappa shape index (κ3) is 3.65. The summed E-state index contributed by atoms with van der Waals surface area (Å²) >= 11 is 3.06. The van der Waals surface area contributed by atoms with Crippen LogP contribution in [-0.4, -0.2) is 31.7 Å². The average Bonchev–Trinajstić information content (AvgIpc) is 3.49. The van der Waals surface area contributed by atoms with E-state index in [0.717, 1.165) is 32.6 Å². The number of benzene rings is 2. The maximum Gasteiger partial charge on any atom is 0.308 e. The first-order chi connectivity index (χ1) is 14.7. The van der Waals surface area contributed by atoms with Gasteiger partial charge in [-0.1, -0.05) is 48.1 Å². The molecular weight excluding hydrogens is 416 g/mol. The Morgan fingerprint density at radius 1 is 1.10 bits per heavy atom. The van der Waals surface area contributed by atoms with Gasteiger partial charge in [0.15, 0.2) is 11.0 Å². The third-order valence-corrected chi connectivity index (χ3v) is 7.72. The van der Waals surface area contributed by atoms with Crippen molar-refractivity contribution >= 4 is 33.3 Å². The summed E-state index contributed by atoms with van der Waals surface area (Å²) in [6.45, 7) is 0.382. The number of aromatic nitrogens is 4. The van der Waals surface area contributed by atoms with Crippen molar-refractivity contribution in [1.82, 2.24) is 19.3 Å². The predicted octanol–water partition coefficient (Wildman–Crippen LogP) is 4.74. The van der Waals surface area contributed by atoms with Crippen LogP contribution in [0.1, 0.15) is 31.5 Å². The van der Waals surface area contributed by atoms with Crippen LogP contribution < -0.4 is 9.61 Å². The van der Waals surface area contributed by atoms with Gasteiger partial charge >= 0.3 is 4.87 Å². The molecule has 0 unspecified atom stereocenters. The normalized spacial score (nSPS) is 14.6. The summed E-state index contributed by atoms with van der Waals surface area (Å²) < 4.78 is 10.2. The van der Waals surface area contributed by atoms with Crippen molar-refractivity contribution in [3.8, 4) is 11.4 Å². The lowest BCUT2D eigenvalue weighted by atomic mass is 10.3. The minimum absolute atomic E-state index is 0.0190. The van der Waals surface area contributed by atoms with Crippen LogP contribution >= 0.6 is 23.1 Å². The number of nitrogens with zero attached hydrogens (tertiary/aromatic N) is 4. The van der Waals surface area contributed by atoms with Crippen molar-refractivity contribution < 1.29 is 4.74 Å².